The van der Waals surface area contributed by atoms with Gasteiger partial charge in [0, 0.05) is 12.1 Å². The van der Waals surface area contributed by atoms with E-state index in [1.54, 1.807) is 13.2 Å². The minimum atomic E-state index is -0.459. The molecule has 0 saturated carbocycles. The molecule has 3 rings (SSSR count). The zero-order valence-electron chi connectivity index (χ0n) is 16.1. The van der Waals surface area contributed by atoms with Gasteiger partial charge in [-0.15, -0.1) is 0 Å². The van der Waals surface area contributed by atoms with Gasteiger partial charge in [0.1, 0.15) is 17.1 Å². The topological polar surface area (TPSA) is 74.7 Å². The molecule has 1 aromatic heterocycles. The Hall–Kier alpha value is -2.27. The molecule has 0 amide bonds. The summed E-state index contributed by atoms with van der Waals surface area (Å²) in [6, 6.07) is 1.26. The van der Waals surface area contributed by atoms with E-state index in [1.807, 2.05) is 32.9 Å². The van der Waals surface area contributed by atoms with Crippen molar-refractivity contribution in [3.8, 4) is 11.5 Å². The lowest BCUT2D eigenvalue weighted by Gasteiger charge is -2.31. The van der Waals surface area contributed by atoms with Gasteiger partial charge in [0.15, 0.2) is 5.58 Å². The van der Waals surface area contributed by atoms with Gasteiger partial charge in [-0.2, -0.15) is 0 Å². The highest BCUT2D eigenvalue weighted by Crippen LogP contribution is 2.48. The molecule has 2 N–H and O–H groups in total. The Bertz CT molecular complexity index is 924. The molecule has 0 saturated heterocycles. The molecule has 1 unspecified atom stereocenters. The van der Waals surface area contributed by atoms with Crippen molar-refractivity contribution in [1.82, 2.24) is 0 Å². The van der Waals surface area contributed by atoms with Crippen molar-refractivity contribution in [2.24, 2.45) is 5.73 Å². The predicted octanol–water partition coefficient (Wildman–Crippen LogP) is 4.35. The highest BCUT2D eigenvalue weighted by molar-refractivity contribution is 5.97. The molecule has 0 fully saturated rings. The van der Waals surface area contributed by atoms with Gasteiger partial charge in [-0.05, 0) is 44.4 Å². The van der Waals surface area contributed by atoms with Crippen LogP contribution in [0, 0.1) is 0 Å². The minimum Gasteiger partial charge on any atom is -0.495 e. The maximum Gasteiger partial charge on any atom is 0.336 e. The number of hydrogen-bond donors (Lipinski definition) is 1. The van der Waals surface area contributed by atoms with Crippen molar-refractivity contribution in [3.05, 3.63) is 39.3 Å². The molecule has 0 aliphatic carbocycles. The molecule has 1 aliphatic rings. The summed E-state index contributed by atoms with van der Waals surface area (Å²) < 4.78 is 17.7. The quantitative estimate of drug-likeness (QED) is 0.805. The fraction of sp³-hybridized carbons (Fsp3) is 0.476. The molecule has 0 radical (unpaired) electrons. The zero-order valence-corrected chi connectivity index (χ0v) is 16.1. The van der Waals surface area contributed by atoms with E-state index in [-0.39, 0.29) is 11.7 Å². The van der Waals surface area contributed by atoms with E-state index in [9.17, 15) is 4.79 Å². The van der Waals surface area contributed by atoms with E-state index in [2.05, 4.69) is 6.92 Å². The molecular formula is C21H27NO4. The van der Waals surface area contributed by atoms with E-state index >= 15 is 0 Å². The average molecular weight is 357 g/mol. The van der Waals surface area contributed by atoms with Crippen LogP contribution in [0.1, 0.15) is 63.3 Å². The monoisotopic (exact) mass is 357 g/mol. The molecule has 1 aromatic carbocycles. The van der Waals surface area contributed by atoms with Gasteiger partial charge in [0.2, 0.25) is 0 Å². The minimum absolute atomic E-state index is 0.305. The first-order valence-electron chi connectivity index (χ1n) is 9.17. The second-order valence-electron chi connectivity index (χ2n) is 7.29. The summed E-state index contributed by atoms with van der Waals surface area (Å²) in [5.74, 6) is 1.31. The Labute approximate surface area is 153 Å². The van der Waals surface area contributed by atoms with E-state index < -0.39 is 5.60 Å². The Kier molecular flexibility index (Phi) is 4.84. The lowest BCUT2D eigenvalue weighted by molar-refractivity contribution is 0.160. The molecule has 1 aliphatic heterocycles. The summed E-state index contributed by atoms with van der Waals surface area (Å²) in [5, 5.41) is 0.832. The highest BCUT2D eigenvalue weighted by atomic mass is 16.5. The van der Waals surface area contributed by atoms with Crippen molar-refractivity contribution in [2.75, 3.05) is 7.11 Å². The standard InChI is InChI=1S/C21H27NO4/c1-6-8-12-11-15(23)25-20-16(12)19-13(9-10-21(3,4)26-19)18(24-5)17(20)14(22)7-2/h9-11,14H,6-8,22H2,1-5H3. The van der Waals surface area contributed by atoms with Crippen LogP contribution in [0.15, 0.2) is 21.4 Å². The third-order valence-electron chi connectivity index (χ3n) is 4.80. The summed E-state index contributed by atoms with van der Waals surface area (Å²) in [6.07, 6.45) is 6.39. The number of benzene rings is 1. The van der Waals surface area contributed by atoms with Crippen LogP contribution >= 0.6 is 0 Å². The van der Waals surface area contributed by atoms with Gasteiger partial charge in [0.05, 0.1) is 23.6 Å². The van der Waals surface area contributed by atoms with E-state index in [1.165, 1.54) is 0 Å². The van der Waals surface area contributed by atoms with E-state index in [0.29, 0.717) is 23.5 Å². The van der Waals surface area contributed by atoms with Gasteiger partial charge in [-0.1, -0.05) is 20.3 Å². The first-order chi connectivity index (χ1) is 12.3. The molecule has 2 heterocycles. The highest BCUT2D eigenvalue weighted by Gasteiger charge is 2.32. The fourth-order valence-electron chi connectivity index (χ4n) is 3.53. The van der Waals surface area contributed by atoms with Crippen molar-refractivity contribution >= 4 is 17.0 Å². The summed E-state index contributed by atoms with van der Waals surface area (Å²) in [4.78, 5) is 12.2. The van der Waals surface area contributed by atoms with Crippen molar-refractivity contribution in [1.29, 1.82) is 0 Å². The molecule has 26 heavy (non-hydrogen) atoms. The third-order valence-corrected chi connectivity index (χ3v) is 4.80. The number of ether oxygens (including phenoxy) is 2. The second kappa shape index (κ2) is 6.80. The maximum atomic E-state index is 12.2. The van der Waals surface area contributed by atoms with Gasteiger partial charge < -0.3 is 19.6 Å². The number of hydrogen-bond acceptors (Lipinski definition) is 5. The normalized spacial score (nSPS) is 16.2. The van der Waals surface area contributed by atoms with Crippen molar-refractivity contribution in [3.63, 3.8) is 0 Å². The largest absolute Gasteiger partial charge is 0.495 e. The molecule has 2 aromatic rings. The van der Waals surface area contributed by atoms with Crippen LogP contribution < -0.4 is 20.8 Å². The van der Waals surface area contributed by atoms with Crippen molar-refractivity contribution < 1.29 is 13.9 Å². The number of fused-ring (bicyclic) bond motifs is 3. The van der Waals surface area contributed by atoms with Crippen LogP contribution in [-0.4, -0.2) is 12.7 Å². The Morgan fingerprint density at radius 3 is 2.65 bits per heavy atom. The fourth-order valence-corrected chi connectivity index (χ4v) is 3.53. The Balaban J connectivity index is 2.53. The summed E-state index contributed by atoms with van der Waals surface area (Å²) in [6.45, 7) is 8.07. The van der Waals surface area contributed by atoms with Gasteiger partial charge in [0.25, 0.3) is 0 Å². The van der Waals surface area contributed by atoms with Crippen LogP contribution in [0.2, 0.25) is 0 Å². The third kappa shape index (κ3) is 3.01. The molecule has 5 nitrogen and oxygen atoms in total. The predicted molar refractivity (Wildman–Crippen MR) is 104 cm³/mol. The smallest absolute Gasteiger partial charge is 0.336 e. The molecule has 140 valence electrons. The van der Waals surface area contributed by atoms with E-state index in [0.717, 1.165) is 34.9 Å². The summed E-state index contributed by atoms with van der Waals surface area (Å²) >= 11 is 0. The van der Waals surface area contributed by atoms with Crippen LogP contribution in [0.25, 0.3) is 17.0 Å². The second-order valence-corrected chi connectivity index (χ2v) is 7.29. The molecule has 0 spiro atoms. The van der Waals surface area contributed by atoms with Crippen LogP contribution in [-0.2, 0) is 6.42 Å². The maximum absolute atomic E-state index is 12.2. The molecule has 1 atom stereocenters. The number of rotatable bonds is 5. The first kappa shape index (κ1) is 18.5. The lowest BCUT2D eigenvalue weighted by Crippen LogP contribution is -2.28. The summed E-state index contributed by atoms with van der Waals surface area (Å²) in [5.41, 5.74) is 8.54. The average Bonchev–Trinajstić information content (AvgIpc) is 2.58. The number of aryl methyl sites for hydroxylation is 1. The summed E-state index contributed by atoms with van der Waals surface area (Å²) in [7, 11) is 1.61. The van der Waals surface area contributed by atoms with Gasteiger partial charge in [-0.25, -0.2) is 4.79 Å². The van der Waals surface area contributed by atoms with Gasteiger partial charge >= 0.3 is 5.63 Å². The Morgan fingerprint density at radius 1 is 1.31 bits per heavy atom. The molecule has 5 heteroatoms. The van der Waals surface area contributed by atoms with Crippen LogP contribution in [0.5, 0.6) is 11.5 Å². The lowest BCUT2D eigenvalue weighted by atomic mass is 9.91. The van der Waals surface area contributed by atoms with Gasteiger partial charge in [-0.3, -0.25) is 0 Å². The van der Waals surface area contributed by atoms with Crippen molar-refractivity contribution in [2.45, 2.75) is 58.6 Å². The molecular weight excluding hydrogens is 330 g/mol. The number of nitrogens with two attached hydrogens (primary N) is 1. The van der Waals surface area contributed by atoms with E-state index in [4.69, 9.17) is 19.6 Å². The zero-order chi connectivity index (χ0) is 19.1. The van der Waals surface area contributed by atoms with Crippen LogP contribution in [0.4, 0.5) is 0 Å². The number of methoxy groups -OCH3 is 1. The SMILES string of the molecule is CCCc1cc(=O)oc2c(C(N)CC)c(OC)c3c(c12)OC(C)(C)C=C3. The van der Waals surface area contributed by atoms with Crippen LogP contribution in [0.3, 0.4) is 0 Å². The molecule has 0 bridgehead atoms. The Morgan fingerprint density at radius 2 is 2.04 bits per heavy atom. The first-order valence-corrected chi connectivity index (χ1v) is 9.17.